The summed E-state index contributed by atoms with van der Waals surface area (Å²) >= 11 is 2.95. The average Bonchev–Trinajstić information content (AvgIpc) is 3.46. The Balaban J connectivity index is 1.58. The topological polar surface area (TPSA) is 65.7 Å². The molecule has 0 N–H and O–H groups in total. The molecule has 0 aliphatic rings. The molecule has 0 aliphatic carbocycles. The van der Waals surface area contributed by atoms with E-state index in [4.69, 9.17) is 9.47 Å². The lowest BCUT2D eigenvalue weighted by atomic mass is 10.1. The van der Waals surface area contributed by atoms with Gasteiger partial charge in [0.15, 0.2) is 17.3 Å². The fourth-order valence-corrected chi connectivity index (χ4v) is 4.44. The molecule has 6 nitrogen and oxygen atoms in total. The SMILES string of the molecule is COc1cc(/C=c2/sc3nc(/C=C/c4cccs4)nn3c2=O)ccc1OCCC(C)C. The maximum Gasteiger partial charge on any atom is 0.291 e. The van der Waals surface area contributed by atoms with E-state index in [-0.39, 0.29) is 5.56 Å². The zero-order chi connectivity index (χ0) is 21.8. The fourth-order valence-electron chi connectivity index (χ4n) is 2.91. The predicted molar refractivity (Wildman–Crippen MR) is 127 cm³/mol. The van der Waals surface area contributed by atoms with Gasteiger partial charge in [0, 0.05) is 4.88 Å². The summed E-state index contributed by atoms with van der Waals surface area (Å²) in [5.41, 5.74) is 0.673. The Labute approximate surface area is 188 Å². The van der Waals surface area contributed by atoms with Crippen molar-refractivity contribution in [3.05, 3.63) is 66.9 Å². The molecular weight excluding hydrogens is 430 g/mol. The lowest BCUT2D eigenvalue weighted by Crippen LogP contribution is -2.23. The summed E-state index contributed by atoms with van der Waals surface area (Å²) < 4.78 is 13.2. The van der Waals surface area contributed by atoms with Gasteiger partial charge in [-0.1, -0.05) is 37.3 Å². The summed E-state index contributed by atoms with van der Waals surface area (Å²) in [5, 5.41) is 6.34. The van der Waals surface area contributed by atoms with Crippen molar-refractivity contribution >= 4 is 45.9 Å². The van der Waals surface area contributed by atoms with E-state index in [1.54, 1.807) is 18.4 Å². The van der Waals surface area contributed by atoms with Crippen LogP contribution in [0.4, 0.5) is 0 Å². The van der Waals surface area contributed by atoms with E-state index in [1.807, 2.05) is 53.9 Å². The van der Waals surface area contributed by atoms with E-state index in [0.717, 1.165) is 16.9 Å². The third kappa shape index (κ3) is 5.03. The highest BCUT2D eigenvalue weighted by molar-refractivity contribution is 7.15. The molecule has 0 saturated carbocycles. The minimum Gasteiger partial charge on any atom is -0.493 e. The molecule has 0 radical (unpaired) electrons. The molecule has 160 valence electrons. The van der Waals surface area contributed by atoms with E-state index < -0.39 is 0 Å². The molecule has 0 aliphatic heterocycles. The molecule has 8 heteroatoms. The van der Waals surface area contributed by atoms with Gasteiger partial charge >= 0.3 is 0 Å². The van der Waals surface area contributed by atoms with Crippen LogP contribution in [-0.4, -0.2) is 28.3 Å². The Morgan fingerprint density at radius 2 is 2.06 bits per heavy atom. The average molecular weight is 454 g/mol. The van der Waals surface area contributed by atoms with Crippen molar-refractivity contribution in [3.63, 3.8) is 0 Å². The van der Waals surface area contributed by atoms with E-state index in [9.17, 15) is 4.79 Å². The molecular formula is C23H23N3O3S2. The number of aromatic nitrogens is 3. The number of hydrogen-bond acceptors (Lipinski definition) is 7. The second kappa shape index (κ2) is 9.45. The maximum atomic E-state index is 12.8. The van der Waals surface area contributed by atoms with Gasteiger partial charge in [0.25, 0.3) is 5.56 Å². The van der Waals surface area contributed by atoms with Crippen LogP contribution in [0.5, 0.6) is 11.5 Å². The minimum absolute atomic E-state index is 0.181. The van der Waals surface area contributed by atoms with Crippen molar-refractivity contribution in [1.29, 1.82) is 0 Å². The van der Waals surface area contributed by atoms with Gasteiger partial charge in [-0.25, -0.2) is 0 Å². The number of thiophene rings is 1. The van der Waals surface area contributed by atoms with Gasteiger partial charge < -0.3 is 9.47 Å². The van der Waals surface area contributed by atoms with Crippen LogP contribution in [0.25, 0.3) is 23.2 Å². The smallest absolute Gasteiger partial charge is 0.291 e. The van der Waals surface area contributed by atoms with Crippen LogP contribution in [0.1, 0.15) is 36.5 Å². The van der Waals surface area contributed by atoms with Crippen LogP contribution in [0.2, 0.25) is 0 Å². The molecule has 0 spiro atoms. The zero-order valence-corrected chi connectivity index (χ0v) is 19.2. The maximum absolute atomic E-state index is 12.8. The summed E-state index contributed by atoms with van der Waals surface area (Å²) in [6.45, 7) is 4.96. The minimum atomic E-state index is -0.181. The Kier molecular flexibility index (Phi) is 6.48. The van der Waals surface area contributed by atoms with Crippen LogP contribution >= 0.6 is 22.7 Å². The highest BCUT2D eigenvalue weighted by Gasteiger charge is 2.10. The van der Waals surface area contributed by atoms with Crippen molar-refractivity contribution in [2.45, 2.75) is 20.3 Å². The van der Waals surface area contributed by atoms with E-state index in [2.05, 4.69) is 23.9 Å². The fraction of sp³-hybridized carbons (Fsp3) is 0.261. The summed E-state index contributed by atoms with van der Waals surface area (Å²) in [4.78, 5) is 18.9. The normalized spacial score (nSPS) is 12.5. The standard InChI is InChI=1S/C23H23N3O3S2/c1-15(2)10-11-29-18-8-6-16(13-19(18)28-3)14-20-22(27)26-23(31-20)24-21(25-26)9-7-17-5-4-12-30-17/h4-9,12-15H,10-11H2,1-3H3/b9-7+,20-14+. The van der Waals surface area contributed by atoms with Gasteiger partial charge in [-0.2, -0.15) is 9.50 Å². The second-order valence-electron chi connectivity index (χ2n) is 7.37. The molecule has 4 aromatic rings. The highest BCUT2D eigenvalue weighted by atomic mass is 32.1. The molecule has 1 aromatic carbocycles. The summed E-state index contributed by atoms with van der Waals surface area (Å²) in [5.74, 6) is 2.44. The zero-order valence-electron chi connectivity index (χ0n) is 17.6. The first-order valence-corrected chi connectivity index (χ1v) is 11.7. The third-order valence-electron chi connectivity index (χ3n) is 4.58. The quantitative estimate of drug-likeness (QED) is 0.397. The van der Waals surface area contributed by atoms with Gasteiger partial charge in [0.05, 0.1) is 18.2 Å². The lowest BCUT2D eigenvalue weighted by molar-refractivity contribution is 0.273. The van der Waals surface area contributed by atoms with Crippen LogP contribution in [0, 0.1) is 5.92 Å². The summed E-state index contributed by atoms with van der Waals surface area (Å²) in [6, 6.07) is 9.66. The number of nitrogens with zero attached hydrogens (tertiary/aromatic N) is 3. The van der Waals surface area contributed by atoms with Crippen LogP contribution in [0.3, 0.4) is 0 Å². The van der Waals surface area contributed by atoms with Gasteiger partial charge in [-0.3, -0.25) is 4.79 Å². The van der Waals surface area contributed by atoms with E-state index in [0.29, 0.717) is 39.3 Å². The van der Waals surface area contributed by atoms with Crippen LogP contribution in [-0.2, 0) is 0 Å². The van der Waals surface area contributed by atoms with Gasteiger partial charge in [0.2, 0.25) is 4.96 Å². The molecule has 0 fully saturated rings. The Hall–Kier alpha value is -2.97. The molecule has 0 unspecified atom stereocenters. The number of ether oxygens (including phenoxy) is 2. The van der Waals surface area contributed by atoms with Crippen LogP contribution in [0.15, 0.2) is 40.5 Å². The first-order chi connectivity index (χ1) is 15.0. The van der Waals surface area contributed by atoms with Crippen molar-refractivity contribution in [2.24, 2.45) is 5.92 Å². The molecule has 0 saturated heterocycles. The molecule has 3 aromatic heterocycles. The second-order valence-corrected chi connectivity index (χ2v) is 9.36. The van der Waals surface area contributed by atoms with E-state index >= 15 is 0 Å². The summed E-state index contributed by atoms with van der Waals surface area (Å²) in [6.07, 6.45) is 6.56. The monoisotopic (exact) mass is 453 g/mol. The van der Waals surface area contributed by atoms with Gasteiger partial charge in [0.1, 0.15) is 0 Å². The molecule has 0 amide bonds. The van der Waals surface area contributed by atoms with Crippen molar-refractivity contribution < 1.29 is 9.47 Å². The van der Waals surface area contributed by atoms with Gasteiger partial charge in [-0.15, -0.1) is 16.4 Å². The predicted octanol–water partition coefficient (Wildman–Crippen LogP) is 4.36. The number of hydrogen-bond donors (Lipinski definition) is 0. The number of methoxy groups -OCH3 is 1. The van der Waals surface area contributed by atoms with Gasteiger partial charge in [-0.05, 0) is 59.7 Å². The Bertz CT molecular complexity index is 1300. The first kappa shape index (κ1) is 21.3. The van der Waals surface area contributed by atoms with Crippen LogP contribution < -0.4 is 19.6 Å². The third-order valence-corrected chi connectivity index (χ3v) is 6.37. The lowest BCUT2D eigenvalue weighted by Gasteiger charge is -2.12. The molecule has 4 rings (SSSR count). The highest BCUT2D eigenvalue weighted by Crippen LogP contribution is 2.28. The molecule has 3 heterocycles. The van der Waals surface area contributed by atoms with Crippen molar-refractivity contribution in [3.8, 4) is 11.5 Å². The molecule has 31 heavy (non-hydrogen) atoms. The number of fused-ring (bicyclic) bond motifs is 1. The number of rotatable bonds is 8. The Morgan fingerprint density at radius 3 is 2.77 bits per heavy atom. The summed E-state index contributed by atoms with van der Waals surface area (Å²) in [7, 11) is 1.61. The van der Waals surface area contributed by atoms with Crippen molar-refractivity contribution in [2.75, 3.05) is 13.7 Å². The molecule has 0 atom stereocenters. The molecule has 0 bridgehead atoms. The number of benzene rings is 1. The van der Waals surface area contributed by atoms with E-state index in [1.165, 1.54) is 15.9 Å². The first-order valence-electron chi connectivity index (χ1n) is 9.97. The number of thiazole rings is 1. The van der Waals surface area contributed by atoms with Crippen molar-refractivity contribution in [1.82, 2.24) is 14.6 Å². The largest absolute Gasteiger partial charge is 0.493 e. The Morgan fingerprint density at radius 1 is 1.19 bits per heavy atom.